The van der Waals surface area contributed by atoms with Crippen LogP contribution in [0.2, 0.25) is 0 Å². The number of imidazole rings is 1. The molecular formula is C14H16N4. The molecule has 0 unspecified atom stereocenters. The van der Waals surface area contributed by atoms with E-state index in [0.29, 0.717) is 18.2 Å². The molecule has 1 saturated carbocycles. The summed E-state index contributed by atoms with van der Waals surface area (Å²) in [7, 11) is 0. The van der Waals surface area contributed by atoms with E-state index in [1.54, 1.807) is 10.9 Å². The third kappa shape index (κ3) is 2.78. The zero-order valence-electron chi connectivity index (χ0n) is 10.3. The van der Waals surface area contributed by atoms with Gasteiger partial charge in [0.25, 0.3) is 0 Å². The van der Waals surface area contributed by atoms with Gasteiger partial charge < -0.3 is 4.57 Å². The summed E-state index contributed by atoms with van der Waals surface area (Å²) < 4.78 is 1.72. The highest BCUT2D eigenvalue weighted by atomic mass is 15.0. The molecule has 1 fully saturated rings. The second kappa shape index (κ2) is 6.02. The summed E-state index contributed by atoms with van der Waals surface area (Å²) in [5.41, 5.74) is 0.564. The average molecular weight is 240 g/mol. The molecule has 0 spiro atoms. The van der Waals surface area contributed by atoms with Crippen molar-refractivity contribution in [1.29, 1.82) is 10.5 Å². The standard InChI is InChI=1S/C14H16N4/c15-9-13-14(10-16)18(11-17-13)8-4-7-12-5-2-1-3-6-12/h4,7,11-12H,1-3,5-6,8H2/b7-4+. The fraction of sp³-hybridized carbons (Fsp3) is 0.500. The van der Waals surface area contributed by atoms with Crippen molar-refractivity contribution in [3.63, 3.8) is 0 Å². The zero-order chi connectivity index (χ0) is 12.8. The van der Waals surface area contributed by atoms with Crippen LogP contribution < -0.4 is 0 Å². The van der Waals surface area contributed by atoms with E-state index in [-0.39, 0.29) is 5.69 Å². The summed E-state index contributed by atoms with van der Waals surface area (Å²) in [5.74, 6) is 0.684. The van der Waals surface area contributed by atoms with E-state index in [1.807, 2.05) is 12.1 Å². The van der Waals surface area contributed by atoms with Crippen molar-refractivity contribution in [3.8, 4) is 12.1 Å². The average Bonchev–Trinajstić information content (AvgIpc) is 2.82. The Balaban J connectivity index is 1.98. The number of hydrogen-bond acceptors (Lipinski definition) is 3. The second-order valence-corrected chi connectivity index (χ2v) is 4.64. The Hall–Kier alpha value is -2.07. The molecular weight excluding hydrogens is 224 g/mol. The third-order valence-corrected chi connectivity index (χ3v) is 3.41. The molecule has 18 heavy (non-hydrogen) atoms. The summed E-state index contributed by atoms with van der Waals surface area (Å²) in [6.45, 7) is 0.619. The van der Waals surface area contributed by atoms with Crippen LogP contribution in [0.3, 0.4) is 0 Å². The smallest absolute Gasteiger partial charge is 0.176 e. The quantitative estimate of drug-likeness (QED) is 0.763. The summed E-state index contributed by atoms with van der Waals surface area (Å²) >= 11 is 0. The van der Waals surface area contributed by atoms with Gasteiger partial charge in [0.1, 0.15) is 12.1 Å². The largest absolute Gasteiger partial charge is 0.317 e. The fourth-order valence-corrected chi connectivity index (χ4v) is 2.41. The zero-order valence-corrected chi connectivity index (χ0v) is 10.3. The SMILES string of the molecule is N#Cc1ncn(C/C=C/C2CCCCC2)c1C#N. The first-order valence-electron chi connectivity index (χ1n) is 6.37. The lowest BCUT2D eigenvalue weighted by Gasteiger charge is -2.17. The minimum absolute atomic E-state index is 0.212. The molecule has 1 heterocycles. The molecule has 0 radical (unpaired) electrons. The van der Waals surface area contributed by atoms with Crippen LogP contribution in [0, 0.1) is 28.6 Å². The van der Waals surface area contributed by atoms with Gasteiger partial charge in [-0.25, -0.2) is 4.98 Å². The highest BCUT2D eigenvalue weighted by Gasteiger charge is 2.10. The first kappa shape index (κ1) is 12.4. The van der Waals surface area contributed by atoms with Gasteiger partial charge in [0.2, 0.25) is 0 Å². The topological polar surface area (TPSA) is 65.4 Å². The van der Waals surface area contributed by atoms with Crippen molar-refractivity contribution in [2.45, 2.75) is 38.6 Å². The minimum atomic E-state index is 0.212. The molecule has 0 bridgehead atoms. The van der Waals surface area contributed by atoms with Crippen LogP contribution in [0.1, 0.15) is 43.5 Å². The summed E-state index contributed by atoms with van der Waals surface area (Å²) in [5, 5.41) is 17.8. The number of nitrogens with zero attached hydrogens (tertiary/aromatic N) is 4. The molecule has 92 valence electrons. The Morgan fingerprint density at radius 2 is 2.06 bits per heavy atom. The van der Waals surface area contributed by atoms with Gasteiger partial charge in [0.05, 0.1) is 6.33 Å². The molecule has 0 aromatic carbocycles. The van der Waals surface area contributed by atoms with Gasteiger partial charge in [-0.3, -0.25) is 0 Å². The number of aromatic nitrogens is 2. The summed E-state index contributed by atoms with van der Waals surface area (Å²) in [6, 6.07) is 3.96. The Labute approximate surface area is 107 Å². The molecule has 1 aliphatic rings. The molecule has 4 nitrogen and oxygen atoms in total. The van der Waals surface area contributed by atoms with E-state index in [9.17, 15) is 0 Å². The van der Waals surface area contributed by atoms with Crippen LogP contribution in [0.4, 0.5) is 0 Å². The van der Waals surface area contributed by atoms with Crippen LogP contribution in [0.5, 0.6) is 0 Å². The number of nitriles is 2. The third-order valence-electron chi connectivity index (χ3n) is 3.41. The highest BCUT2D eigenvalue weighted by Crippen LogP contribution is 2.24. The van der Waals surface area contributed by atoms with Crippen LogP contribution in [-0.2, 0) is 6.54 Å². The van der Waals surface area contributed by atoms with Crippen LogP contribution in [0.15, 0.2) is 18.5 Å². The number of rotatable bonds is 3. The molecule has 1 aromatic heterocycles. The molecule has 0 N–H and O–H groups in total. The summed E-state index contributed by atoms with van der Waals surface area (Å²) in [6.07, 6.45) is 12.4. The van der Waals surface area contributed by atoms with E-state index in [1.165, 1.54) is 32.1 Å². The maximum atomic E-state index is 8.98. The molecule has 1 aromatic rings. The minimum Gasteiger partial charge on any atom is -0.317 e. The van der Waals surface area contributed by atoms with Gasteiger partial charge in [0.15, 0.2) is 11.4 Å². The van der Waals surface area contributed by atoms with Crippen molar-refractivity contribution in [2.24, 2.45) is 5.92 Å². The first-order valence-corrected chi connectivity index (χ1v) is 6.37. The van der Waals surface area contributed by atoms with Crippen LogP contribution in [-0.4, -0.2) is 9.55 Å². The Kier molecular flexibility index (Phi) is 4.15. The molecule has 0 atom stereocenters. The van der Waals surface area contributed by atoms with Crippen molar-refractivity contribution >= 4 is 0 Å². The van der Waals surface area contributed by atoms with Gasteiger partial charge in [0, 0.05) is 6.54 Å². The van der Waals surface area contributed by atoms with Gasteiger partial charge in [-0.15, -0.1) is 0 Å². The first-order chi connectivity index (χ1) is 8.85. The van der Waals surface area contributed by atoms with Crippen molar-refractivity contribution < 1.29 is 0 Å². The molecule has 0 aliphatic heterocycles. The van der Waals surface area contributed by atoms with Crippen molar-refractivity contribution in [3.05, 3.63) is 29.9 Å². The van der Waals surface area contributed by atoms with Gasteiger partial charge in [-0.05, 0) is 18.8 Å². The second-order valence-electron chi connectivity index (χ2n) is 4.64. The van der Waals surface area contributed by atoms with Gasteiger partial charge in [-0.2, -0.15) is 10.5 Å². The van der Waals surface area contributed by atoms with E-state index >= 15 is 0 Å². The molecule has 0 amide bonds. The number of hydrogen-bond donors (Lipinski definition) is 0. The van der Waals surface area contributed by atoms with Crippen molar-refractivity contribution in [2.75, 3.05) is 0 Å². The molecule has 2 rings (SSSR count). The molecule has 4 heteroatoms. The predicted octanol–water partition coefficient (Wildman–Crippen LogP) is 2.76. The van der Waals surface area contributed by atoms with E-state index in [0.717, 1.165) is 0 Å². The van der Waals surface area contributed by atoms with E-state index < -0.39 is 0 Å². The Bertz CT molecular complexity index is 507. The summed E-state index contributed by atoms with van der Waals surface area (Å²) in [4.78, 5) is 3.92. The molecule has 1 aliphatic carbocycles. The van der Waals surface area contributed by atoms with Crippen molar-refractivity contribution in [1.82, 2.24) is 9.55 Å². The Morgan fingerprint density at radius 1 is 1.28 bits per heavy atom. The van der Waals surface area contributed by atoms with Gasteiger partial charge >= 0.3 is 0 Å². The van der Waals surface area contributed by atoms with Crippen LogP contribution >= 0.6 is 0 Å². The highest BCUT2D eigenvalue weighted by molar-refractivity contribution is 5.36. The lowest BCUT2D eigenvalue weighted by molar-refractivity contribution is 0.418. The maximum Gasteiger partial charge on any atom is 0.176 e. The predicted molar refractivity (Wildman–Crippen MR) is 67.4 cm³/mol. The monoisotopic (exact) mass is 240 g/mol. The normalized spacial score (nSPS) is 16.6. The number of allylic oxidation sites excluding steroid dienone is 2. The lowest BCUT2D eigenvalue weighted by atomic mass is 9.89. The van der Waals surface area contributed by atoms with Crippen LogP contribution in [0.25, 0.3) is 0 Å². The lowest BCUT2D eigenvalue weighted by Crippen LogP contribution is -2.03. The fourth-order valence-electron chi connectivity index (χ4n) is 2.41. The van der Waals surface area contributed by atoms with E-state index in [4.69, 9.17) is 10.5 Å². The van der Waals surface area contributed by atoms with Gasteiger partial charge in [-0.1, -0.05) is 31.4 Å². The maximum absolute atomic E-state index is 8.98. The Morgan fingerprint density at radius 3 is 2.72 bits per heavy atom. The molecule has 0 saturated heterocycles. The van der Waals surface area contributed by atoms with E-state index in [2.05, 4.69) is 17.1 Å².